The van der Waals surface area contributed by atoms with Crippen molar-refractivity contribution in [3.63, 3.8) is 0 Å². The van der Waals surface area contributed by atoms with Gasteiger partial charge in [-0.05, 0) is 28.8 Å². The molecule has 166 valence electrons. The van der Waals surface area contributed by atoms with Crippen LogP contribution in [0.3, 0.4) is 0 Å². The van der Waals surface area contributed by atoms with Crippen molar-refractivity contribution in [2.24, 2.45) is 5.10 Å². The lowest BCUT2D eigenvalue weighted by molar-refractivity contribution is -0.121. The van der Waals surface area contributed by atoms with E-state index in [-0.39, 0.29) is 15.9 Å². The fourth-order valence-corrected chi connectivity index (χ4v) is 4.77. The number of amides is 1. The van der Waals surface area contributed by atoms with Gasteiger partial charge in [-0.2, -0.15) is 5.10 Å². The minimum Gasteiger partial charge on any atom is -0.284 e. The molecule has 8 heteroatoms. The van der Waals surface area contributed by atoms with Gasteiger partial charge in [0.25, 0.3) is 5.91 Å². The molecular formula is C25H19BrClN3O2S. The second-order valence-electron chi connectivity index (χ2n) is 7.22. The number of carbonyl (C=O) groups is 1. The van der Waals surface area contributed by atoms with Gasteiger partial charge in [0, 0.05) is 4.47 Å². The van der Waals surface area contributed by atoms with Gasteiger partial charge >= 0.3 is 4.87 Å². The highest BCUT2D eigenvalue weighted by atomic mass is 79.9. The average Bonchev–Trinajstić information content (AvgIpc) is 3.09. The molecule has 5 nitrogen and oxygen atoms in total. The number of thiazole rings is 1. The van der Waals surface area contributed by atoms with Gasteiger partial charge < -0.3 is 0 Å². The van der Waals surface area contributed by atoms with Crippen molar-refractivity contribution in [2.45, 2.75) is 12.5 Å². The predicted molar refractivity (Wildman–Crippen MR) is 137 cm³/mol. The molecule has 1 heterocycles. The Kier molecular flexibility index (Phi) is 7.54. The molecule has 3 aromatic carbocycles. The molecule has 1 aromatic heterocycles. The summed E-state index contributed by atoms with van der Waals surface area (Å²) in [6, 6.07) is 26.7. The standard InChI is InChI=1S/C25H19BrClN3O2S/c26-20-13-11-17(12-14-20)16-30-23(27)21(33-25(30)32)15-28-29-24(31)22(18-7-3-1-4-8-18)19-9-5-2-6-10-19/h1-15,22H,16H2,(H,29,31). The molecule has 0 saturated heterocycles. The number of halogens is 2. The minimum atomic E-state index is -0.513. The number of hydrogen-bond donors (Lipinski definition) is 1. The van der Waals surface area contributed by atoms with Crippen LogP contribution >= 0.6 is 38.9 Å². The summed E-state index contributed by atoms with van der Waals surface area (Å²) in [4.78, 5) is 25.8. The summed E-state index contributed by atoms with van der Waals surface area (Å²) in [7, 11) is 0. The van der Waals surface area contributed by atoms with Crippen molar-refractivity contribution < 1.29 is 4.79 Å². The second kappa shape index (κ2) is 10.7. The molecule has 0 fully saturated rings. The van der Waals surface area contributed by atoms with Gasteiger partial charge in [-0.1, -0.05) is 112 Å². The molecule has 0 spiro atoms. The van der Waals surface area contributed by atoms with Crippen LogP contribution in [0, 0.1) is 0 Å². The molecule has 0 unspecified atom stereocenters. The Labute approximate surface area is 208 Å². The van der Waals surface area contributed by atoms with E-state index in [0.29, 0.717) is 11.4 Å². The highest BCUT2D eigenvalue weighted by Gasteiger charge is 2.22. The molecule has 1 amide bonds. The molecule has 4 aromatic rings. The molecule has 0 bridgehead atoms. The van der Waals surface area contributed by atoms with Crippen molar-refractivity contribution in [3.05, 3.63) is 126 Å². The first-order chi connectivity index (χ1) is 16.0. The zero-order valence-electron chi connectivity index (χ0n) is 17.3. The molecule has 0 radical (unpaired) electrons. The summed E-state index contributed by atoms with van der Waals surface area (Å²) in [6.45, 7) is 0.353. The number of hydrazone groups is 1. The van der Waals surface area contributed by atoms with Gasteiger partial charge in [-0.3, -0.25) is 14.2 Å². The lowest BCUT2D eigenvalue weighted by Gasteiger charge is -2.16. The van der Waals surface area contributed by atoms with Crippen LogP contribution in [0.25, 0.3) is 0 Å². The van der Waals surface area contributed by atoms with E-state index < -0.39 is 5.92 Å². The van der Waals surface area contributed by atoms with E-state index >= 15 is 0 Å². The summed E-state index contributed by atoms with van der Waals surface area (Å²) in [5.74, 6) is -0.790. The maximum atomic E-state index is 13.0. The topological polar surface area (TPSA) is 63.5 Å². The molecule has 0 saturated carbocycles. The largest absolute Gasteiger partial charge is 0.309 e. The van der Waals surface area contributed by atoms with Crippen LogP contribution in [-0.4, -0.2) is 16.7 Å². The van der Waals surface area contributed by atoms with Crippen molar-refractivity contribution in [3.8, 4) is 0 Å². The fraction of sp³-hybridized carbons (Fsp3) is 0.0800. The van der Waals surface area contributed by atoms with Crippen LogP contribution in [0.2, 0.25) is 5.15 Å². The smallest absolute Gasteiger partial charge is 0.284 e. The zero-order valence-corrected chi connectivity index (χ0v) is 20.5. The van der Waals surface area contributed by atoms with Gasteiger partial charge in [0.05, 0.1) is 23.6 Å². The lowest BCUT2D eigenvalue weighted by atomic mass is 9.91. The van der Waals surface area contributed by atoms with Gasteiger partial charge in [-0.25, -0.2) is 5.43 Å². The van der Waals surface area contributed by atoms with E-state index in [1.165, 1.54) is 10.8 Å². The number of hydrogen-bond acceptors (Lipinski definition) is 4. The number of aromatic nitrogens is 1. The van der Waals surface area contributed by atoms with Crippen LogP contribution < -0.4 is 10.3 Å². The van der Waals surface area contributed by atoms with E-state index in [4.69, 9.17) is 11.6 Å². The molecule has 0 aliphatic heterocycles. The number of rotatable bonds is 7. The average molecular weight is 541 g/mol. The van der Waals surface area contributed by atoms with Gasteiger partial charge in [-0.15, -0.1) is 0 Å². The van der Waals surface area contributed by atoms with Crippen LogP contribution in [0.5, 0.6) is 0 Å². The number of nitrogens with zero attached hydrogens (tertiary/aromatic N) is 2. The minimum absolute atomic E-state index is 0.192. The number of carbonyl (C=O) groups excluding carboxylic acids is 1. The van der Waals surface area contributed by atoms with Crippen molar-refractivity contribution in [1.29, 1.82) is 0 Å². The third-order valence-corrected chi connectivity index (χ3v) is 6.96. The first kappa shape index (κ1) is 23.2. The fourth-order valence-electron chi connectivity index (χ4n) is 3.40. The maximum absolute atomic E-state index is 13.0. The Balaban J connectivity index is 1.51. The van der Waals surface area contributed by atoms with E-state index in [2.05, 4.69) is 26.5 Å². The van der Waals surface area contributed by atoms with E-state index in [1.54, 1.807) is 0 Å². The summed E-state index contributed by atoms with van der Waals surface area (Å²) in [5.41, 5.74) is 5.27. The monoisotopic (exact) mass is 539 g/mol. The molecule has 4 rings (SSSR count). The highest BCUT2D eigenvalue weighted by Crippen LogP contribution is 2.25. The second-order valence-corrected chi connectivity index (χ2v) is 9.49. The molecule has 0 aliphatic carbocycles. The summed E-state index contributed by atoms with van der Waals surface area (Å²) in [6.07, 6.45) is 1.41. The summed E-state index contributed by atoms with van der Waals surface area (Å²) in [5, 5.41) is 4.38. The molecular weight excluding hydrogens is 522 g/mol. The maximum Gasteiger partial charge on any atom is 0.309 e. The molecule has 33 heavy (non-hydrogen) atoms. The van der Waals surface area contributed by atoms with Crippen molar-refractivity contribution in [2.75, 3.05) is 0 Å². The van der Waals surface area contributed by atoms with E-state index in [1.807, 2.05) is 84.9 Å². The van der Waals surface area contributed by atoms with Crippen molar-refractivity contribution in [1.82, 2.24) is 9.99 Å². The highest BCUT2D eigenvalue weighted by molar-refractivity contribution is 9.10. The molecule has 0 atom stereocenters. The summed E-state index contributed by atoms with van der Waals surface area (Å²) >= 11 is 10.8. The van der Waals surface area contributed by atoms with Crippen LogP contribution in [-0.2, 0) is 11.3 Å². The van der Waals surface area contributed by atoms with Gasteiger partial charge in [0.1, 0.15) is 5.15 Å². The van der Waals surface area contributed by atoms with Crippen LogP contribution in [0.4, 0.5) is 0 Å². The first-order valence-electron chi connectivity index (χ1n) is 10.1. The zero-order chi connectivity index (χ0) is 23.2. The Morgan fingerprint density at radius 1 is 1.00 bits per heavy atom. The Bertz CT molecular complexity index is 1280. The first-order valence-corrected chi connectivity index (χ1v) is 12.1. The normalized spacial score (nSPS) is 11.2. The number of nitrogens with one attached hydrogen (secondary N) is 1. The van der Waals surface area contributed by atoms with Gasteiger partial charge in [0.15, 0.2) is 0 Å². The Morgan fingerprint density at radius 3 is 2.15 bits per heavy atom. The third kappa shape index (κ3) is 5.68. The molecule has 1 N–H and O–H groups in total. The summed E-state index contributed by atoms with van der Waals surface area (Å²) < 4.78 is 2.44. The van der Waals surface area contributed by atoms with Crippen LogP contribution in [0.15, 0.2) is 99.3 Å². The van der Waals surface area contributed by atoms with Crippen molar-refractivity contribution >= 4 is 51.0 Å². The quantitative estimate of drug-likeness (QED) is 0.243. The van der Waals surface area contributed by atoms with E-state index in [0.717, 1.165) is 32.5 Å². The van der Waals surface area contributed by atoms with E-state index in [9.17, 15) is 9.59 Å². The Morgan fingerprint density at radius 2 is 1.58 bits per heavy atom. The lowest BCUT2D eigenvalue weighted by Crippen LogP contribution is -2.26. The van der Waals surface area contributed by atoms with Gasteiger partial charge in [0.2, 0.25) is 0 Å². The third-order valence-electron chi connectivity index (χ3n) is 5.00. The number of benzene rings is 3. The Hall–Kier alpha value is -3.00. The predicted octanol–water partition coefficient (Wildman–Crippen LogP) is 5.66. The molecule has 0 aliphatic rings. The van der Waals surface area contributed by atoms with Crippen LogP contribution in [0.1, 0.15) is 27.5 Å². The SMILES string of the molecule is O=C(NN=Cc1sc(=O)n(Cc2ccc(Br)cc2)c1Cl)C(c1ccccc1)c1ccccc1.